The van der Waals surface area contributed by atoms with Crippen molar-refractivity contribution in [2.75, 3.05) is 5.32 Å². The summed E-state index contributed by atoms with van der Waals surface area (Å²) in [7, 11) is 0. The van der Waals surface area contributed by atoms with E-state index < -0.39 is 0 Å². The van der Waals surface area contributed by atoms with Crippen LogP contribution in [0.15, 0.2) is 53.3 Å². The number of benzene rings is 1. The number of nitrogens with one attached hydrogen (secondary N) is 1. The standard InChI is InChI=1S/C14H10BrClN2O/c15-14-12(8-11(16)9-17-14)18-13(19)7-6-10-4-2-1-3-5-10/h1-9H,(H,18,19)/b7-6+. The second-order valence-electron chi connectivity index (χ2n) is 3.73. The Balaban J connectivity index is 2.06. The molecule has 0 saturated heterocycles. The second kappa shape index (κ2) is 6.50. The van der Waals surface area contributed by atoms with Crippen molar-refractivity contribution in [2.24, 2.45) is 0 Å². The molecule has 3 nitrogen and oxygen atoms in total. The maximum atomic E-state index is 11.8. The lowest BCUT2D eigenvalue weighted by molar-refractivity contribution is -0.111. The Kier molecular flexibility index (Phi) is 4.71. The predicted octanol–water partition coefficient (Wildman–Crippen LogP) is 4.15. The number of nitrogens with zero attached hydrogens (tertiary/aromatic N) is 1. The van der Waals surface area contributed by atoms with Crippen molar-refractivity contribution in [1.29, 1.82) is 0 Å². The Bertz CT molecular complexity index is 614. The summed E-state index contributed by atoms with van der Waals surface area (Å²) in [6, 6.07) is 11.2. The number of rotatable bonds is 3. The average Bonchev–Trinajstić information content (AvgIpc) is 2.42. The van der Waals surface area contributed by atoms with Crippen LogP contribution in [0.1, 0.15) is 5.56 Å². The highest BCUT2D eigenvalue weighted by atomic mass is 79.9. The van der Waals surface area contributed by atoms with Crippen LogP contribution < -0.4 is 5.32 Å². The van der Waals surface area contributed by atoms with E-state index in [-0.39, 0.29) is 5.91 Å². The fraction of sp³-hybridized carbons (Fsp3) is 0. The number of amides is 1. The molecular formula is C14H10BrClN2O. The summed E-state index contributed by atoms with van der Waals surface area (Å²) < 4.78 is 0.540. The molecule has 0 saturated carbocycles. The number of carbonyl (C=O) groups is 1. The highest BCUT2D eigenvalue weighted by Crippen LogP contribution is 2.23. The van der Waals surface area contributed by atoms with E-state index in [1.165, 1.54) is 12.3 Å². The molecule has 2 rings (SSSR count). The van der Waals surface area contributed by atoms with Gasteiger partial charge in [0.25, 0.3) is 0 Å². The molecule has 2 aromatic rings. The van der Waals surface area contributed by atoms with E-state index in [0.717, 1.165) is 5.56 Å². The maximum Gasteiger partial charge on any atom is 0.248 e. The fourth-order valence-electron chi connectivity index (χ4n) is 1.42. The summed E-state index contributed by atoms with van der Waals surface area (Å²) in [5.74, 6) is -0.242. The fourth-order valence-corrected chi connectivity index (χ4v) is 1.89. The Morgan fingerprint density at radius 2 is 2.05 bits per heavy atom. The zero-order chi connectivity index (χ0) is 13.7. The van der Waals surface area contributed by atoms with Gasteiger partial charge in [-0.3, -0.25) is 4.79 Å². The lowest BCUT2D eigenvalue weighted by atomic mass is 10.2. The van der Waals surface area contributed by atoms with E-state index >= 15 is 0 Å². The second-order valence-corrected chi connectivity index (χ2v) is 4.91. The molecular weight excluding hydrogens is 328 g/mol. The van der Waals surface area contributed by atoms with Crippen molar-refractivity contribution < 1.29 is 4.79 Å². The summed E-state index contributed by atoms with van der Waals surface area (Å²) in [5, 5.41) is 3.17. The lowest BCUT2D eigenvalue weighted by Gasteiger charge is -2.04. The van der Waals surface area contributed by atoms with E-state index in [9.17, 15) is 4.79 Å². The summed E-state index contributed by atoms with van der Waals surface area (Å²) in [6.45, 7) is 0. The molecule has 0 aliphatic carbocycles. The van der Waals surface area contributed by atoms with Crippen LogP contribution in [0.4, 0.5) is 5.69 Å². The molecule has 19 heavy (non-hydrogen) atoms. The third kappa shape index (κ3) is 4.19. The van der Waals surface area contributed by atoms with Crippen LogP contribution in [0, 0.1) is 0 Å². The minimum atomic E-state index is -0.242. The van der Waals surface area contributed by atoms with Crippen molar-refractivity contribution in [2.45, 2.75) is 0 Å². The molecule has 1 aromatic carbocycles. The summed E-state index contributed by atoms with van der Waals surface area (Å²) in [6.07, 6.45) is 4.70. The van der Waals surface area contributed by atoms with Crippen LogP contribution in [0.3, 0.4) is 0 Å². The number of anilines is 1. The van der Waals surface area contributed by atoms with Crippen molar-refractivity contribution in [3.05, 3.63) is 63.9 Å². The Hall–Kier alpha value is -1.65. The smallest absolute Gasteiger partial charge is 0.248 e. The van der Waals surface area contributed by atoms with Crippen molar-refractivity contribution in [1.82, 2.24) is 4.98 Å². The van der Waals surface area contributed by atoms with Crippen LogP contribution in [0.5, 0.6) is 0 Å². The minimum Gasteiger partial charge on any atom is -0.320 e. The van der Waals surface area contributed by atoms with Gasteiger partial charge < -0.3 is 5.32 Å². The van der Waals surface area contributed by atoms with Gasteiger partial charge in [0.2, 0.25) is 5.91 Å². The predicted molar refractivity (Wildman–Crippen MR) is 81.1 cm³/mol. The molecule has 0 spiro atoms. The third-order valence-electron chi connectivity index (χ3n) is 2.29. The zero-order valence-corrected chi connectivity index (χ0v) is 12.1. The zero-order valence-electron chi connectivity index (χ0n) is 9.81. The largest absolute Gasteiger partial charge is 0.320 e. The first kappa shape index (κ1) is 13.8. The maximum absolute atomic E-state index is 11.8. The van der Waals surface area contributed by atoms with Gasteiger partial charge >= 0.3 is 0 Å². The SMILES string of the molecule is O=C(/C=C/c1ccccc1)Nc1cc(Cl)cnc1Br. The van der Waals surface area contributed by atoms with Crippen molar-refractivity contribution in [3.63, 3.8) is 0 Å². The minimum absolute atomic E-state index is 0.242. The van der Waals surface area contributed by atoms with E-state index in [1.807, 2.05) is 30.3 Å². The van der Waals surface area contributed by atoms with Gasteiger partial charge in [-0.05, 0) is 33.6 Å². The first-order valence-electron chi connectivity index (χ1n) is 5.50. The van der Waals surface area contributed by atoms with Gasteiger partial charge in [0.1, 0.15) is 4.60 Å². The number of hydrogen-bond donors (Lipinski definition) is 1. The molecule has 0 aliphatic rings. The summed E-state index contributed by atoms with van der Waals surface area (Å²) in [4.78, 5) is 15.8. The van der Waals surface area contributed by atoms with E-state index in [4.69, 9.17) is 11.6 Å². The average molecular weight is 338 g/mol. The number of carbonyl (C=O) groups excluding carboxylic acids is 1. The van der Waals surface area contributed by atoms with Crippen LogP contribution >= 0.6 is 27.5 Å². The molecule has 1 heterocycles. The van der Waals surface area contributed by atoms with Crippen LogP contribution in [0.25, 0.3) is 6.08 Å². The third-order valence-corrected chi connectivity index (χ3v) is 3.13. The van der Waals surface area contributed by atoms with Gasteiger partial charge in [-0.2, -0.15) is 0 Å². The Labute approximate surface area is 124 Å². The van der Waals surface area contributed by atoms with Gasteiger partial charge in [-0.1, -0.05) is 41.9 Å². The normalized spacial score (nSPS) is 10.6. The van der Waals surface area contributed by atoms with E-state index in [2.05, 4.69) is 26.2 Å². The Morgan fingerprint density at radius 1 is 1.32 bits per heavy atom. The van der Waals surface area contributed by atoms with Gasteiger partial charge in [0.05, 0.1) is 10.7 Å². The number of halogens is 2. The lowest BCUT2D eigenvalue weighted by Crippen LogP contribution is -2.08. The Morgan fingerprint density at radius 3 is 2.79 bits per heavy atom. The molecule has 0 aliphatic heterocycles. The molecule has 1 aromatic heterocycles. The topological polar surface area (TPSA) is 42.0 Å². The van der Waals surface area contributed by atoms with Gasteiger partial charge in [-0.25, -0.2) is 4.98 Å². The summed E-state index contributed by atoms with van der Waals surface area (Å²) in [5.41, 5.74) is 1.50. The number of hydrogen-bond acceptors (Lipinski definition) is 2. The quantitative estimate of drug-likeness (QED) is 0.675. The molecule has 0 atom stereocenters. The van der Waals surface area contributed by atoms with Crippen LogP contribution in [0.2, 0.25) is 5.02 Å². The van der Waals surface area contributed by atoms with Gasteiger partial charge in [-0.15, -0.1) is 0 Å². The molecule has 5 heteroatoms. The molecule has 0 radical (unpaired) electrons. The molecule has 0 fully saturated rings. The summed E-state index contributed by atoms with van der Waals surface area (Å²) >= 11 is 9.07. The van der Waals surface area contributed by atoms with E-state index in [1.54, 1.807) is 12.1 Å². The molecule has 0 bridgehead atoms. The highest BCUT2D eigenvalue weighted by molar-refractivity contribution is 9.10. The molecule has 1 amide bonds. The van der Waals surface area contributed by atoms with E-state index in [0.29, 0.717) is 15.3 Å². The van der Waals surface area contributed by atoms with Gasteiger partial charge in [0.15, 0.2) is 0 Å². The first-order chi connectivity index (χ1) is 9.15. The molecule has 0 unspecified atom stereocenters. The molecule has 1 N–H and O–H groups in total. The van der Waals surface area contributed by atoms with Gasteiger partial charge in [0, 0.05) is 12.3 Å². The van der Waals surface area contributed by atoms with Crippen LogP contribution in [-0.2, 0) is 4.79 Å². The highest BCUT2D eigenvalue weighted by Gasteiger charge is 2.04. The number of pyridine rings is 1. The molecule has 96 valence electrons. The van der Waals surface area contributed by atoms with Crippen molar-refractivity contribution in [3.8, 4) is 0 Å². The van der Waals surface area contributed by atoms with Crippen molar-refractivity contribution >= 4 is 45.2 Å². The first-order valence-corrected chi connectivity index (χ1v) is 6.67. The monoisotopic (exact) mass is 336 g/mol. The van der Waals surface area contributed by atoms with Crippen LogP contribution in [-0.4, -0.2) is 10.9 Å². The number of aromatic nitrogens is 1.